The smallest absolute Gasteiger partial charge is 0.172 e. The number of thiocarbonyl (C=S) groups is 1. The largest absolute Gasteiger partial charge is 0.347 e. The van der Waals surface area contributed by atoms with E-state index >= 15 is 0 Å². The summed E-state index contributed by atoms with van der Waals surface area (Å²) >= 11 is 5.92. The Morgan fingerprint density at radius 3 is 2.48 bits per heavy atom. The van der Waals surface area contributed by atoms with Crippen LogP contribution >= 0.6 is 12.2 Å². The maximum Gasteiger partial charge on any atom is 0.172 e. The highest BCUT2D eigenvalue weighted by Gasteiger charge is 2.36. The van der Waals surface area contributed by atoms with Crippen molar-refractivity contribution in [1.82, 2.24) is 9.80 Å². The van der Waals surface area contributed by atoms with Crippen LogP contribution in [0.4, 0.5) is 0 Å². The van der Waals surface area contributed by atoms with Crippen LogP contribution in [0.3, 0.4) is 0 Å². The summed E-state index contributed by atoms with van der Waals surface area (Å²) in [6.45, 7) is 5.67. The van der Waals surface area contributed by atoms with E-state index in [1.165, 1.54) is 44.1 Å². The van der Waals surface area contributed by atoms with E-state index in [1.54, 1.807) is 0 Å². The lowest BCUT2D eigenvalue weighted by molar-refractivity contribution is 0.223. The van der Waals surface area contributed by atoms with Crippen molar-refractivity contribution in [3.63, 3.8) is 0 Å². The minimum absolute atomic E-state index is 0.427. The Bertz CT molecular complexity index is 542. The Morgan fingerprint density at radius 1 is 1.08 bits per heavy atom. The minimum Gasteiger partial charge on any atom is -0.347 e. The molecular weight excluding hydrogens is 340 g/mol. The van der Waals surface area contributed by atoms with Gasteiger partial charge in [-0.05, 0) is 48.9 Å². The van der Waals surface area contributed by atoms with E-state index < -0.39 is 0 Å². The second-order valence-electron chi connectivity index (χ2n) is 7.89. The van der Waals surface area contributed by atoms with Crippen molar-refractivity contribution in [3.05, 3.63) is 35.9 Å². The maximum atomic E-state index is 5.92. The predicted octanol–water partition coefficient (Wildman–Crippen LogP) is 4.82. The second kappa shape index (κ2) is 9.18. The van der Waals surface area contributed by atoms with Crippen LogP contribution in [0.1, 0.15) is 57.1 Å². The van der Waals surface area contributed by atoms with E-state index in [1.807, 2.05) is 0 Å². The molecule has 135 valence electrons. The number of benzene rings is 1. The van der Waals surface area contributed by atoms with Crippen molar-refractivity contribution in [2.45, 2.75) is 57.5 Å². The van der Waals surface area contributed by atoms with Crippen LogP contribution in [-0.4, -0.2) is 44.8 Å². The number of unbranched alkanes of at least 4 members (excludes halogenated alkanes) is 1. The quantitative estimate of drug-likeness (QED) is 0.385. The van der Waals surface area contributed by atoms with E-state index in [2.05, 4.69) is 57.3 Å². The molecule has 1 heterocycles. The predicted molar refractivity (Wildman–Crippen MR) is 111 cm³/mol. The fourth-order valence-electron chi connectivity index (χ4n) is 4.27. The monoisotopic (exact) mass is 371 g/mol. The molecule has 1 aromatic carbocycles. The first-order chi connectivity index (χ1) is 12.2. The third-order valence-corrected chi connectivity index (χ3v) is 6.76. The maximum absolute atomic E-state index is 5.92. The van der Waals surface area contributed by atoms with Gasteiger partial charge in [0.25, 0.3) is 0 Å². The van der Waals surface area contributed by atoms with E-state index in [-0.39, 0.29) is 0 Å². The topological polar surface area (TPSA) is 6.48 Å². The average Bonchev–Trinajstić information content (AvgIpc) is 2.94. The third kappa shape index (κ3) is 4.85. The van der Waals surface area contributed by atoms with Crippen LogP contribution in [0, 0.1) is 11.8 Å². The van der Waals surface area contributed by atoms with E-state index in [0.717, 1.165) is 42.6 Å². The molecule has 3 radical (unpaired) electrons. The van der Waals surface area contributed by atoms with E-state index in [0.29, 0.717) is 6.04 Å². The number of hydrogen-bond acceptors (Lipinski definition) is 1. The zero-order chi connectivity index (χ0) is 17.6. The highest BCUT2D eigenvalue weighted by Crippen LogP contribution is 2.35. The molecule has 4 heteroatoms. The lowest BCUT2D eigenvalue weighted by atomic mass is 9.82. The van der Waals surface area contributed by atoms with Crippen molar-refractivity contribution in [3.8, 4) is 0 Å². The first-order valence-electron chi connectivity index (χ1n) is 9.94. The Morgan fingerprint density at radius 2 is 1.80 bits per heavy atom. The van der Waals surface area contributed by atoms with Gasteiger partial charge in [-0.3, -0.25) is 0 Å². The fraction of sp³-hybridized carbons (Fsp3) is 0.667. The first kappa shape index (κ1) is 18.9. The molecule has 1 aliphatic heterocycles. The van der Waals surface area contributed by atoms with Crippen molar-refractivity contribution in [1.29, 1.82) is 0 Å². The first-order valence-corrected chi connectivity index (χ1v) is 11.1. The fourth-order valence-corrected chi connectivity index (χ4v) is 4.89. The van der Waals surface area contributed by atoms with Gasteiger partial charge in [-0.1, -0.05) is 62.6 Å². The van der Waals surface area contributed by atoms with Gasteiger partial charge in [0, 0.05) is 29.9 Å². The molecule has 3 rings (SSSR count). The summed E-state index contributed by atoms with van der Waals surface area (Å²) in [5, 5.41) is 1.08. The lowest BCUT2D eigenvalue weighted by Gasteiger charge is -2.33. The Labute approximate surface area is 162 Å². The summed E-state index contributed by atoms with van der Waals surface area (Å²) in [7, 11) is 3.59. The number of nitrogens with zero attached hydrogens (tertiary/aromatic N) is 2. The molecule has 2 fully saturated rings. The SMILES string of the molecule is CC1CCC(CN2C(=S)N(CCCC[Si])C[C@H]2c2ccccc2)CC1. The zero-order valence-electron chi connectivity index (χ0n) is 15.5. The summed E-state index contributed by atoms with van der Waals surface area (Å²) in [6.07, 6.45) is 7.93. The minimum atomic E-state index is 0.427. The number of rotatable bonds is 7. The van der Waals surface area contributed by atoms with Crippen molar-refractivity contribution in [2.75, 3.05) is 19.6 Å². The van der Waals surface area contributed by atoms with Gasteiger partial charge in [-0.25, -0.2) is 0 Å². The summed E-state index contributed by atoms with van der Waals surface area (Å²) in [5.74, 6) is 1.72. The van der Waals surface area contributed by atoms with E-state index in [4.69, 9.17) is 12.2 Å². The molecule has 1 saturated heterocycles. The molecule has 0 aromatic heterocycles. The summed E-state index contributed by atoms with van der Waals surface area (Å²) < 4.78 is 0. The Hall–Kier alpha value is -0.873. The lowest BCUT2D eigenvalue weighted by Crippen LogP contribution is -2.37. The standard InChI is InChI=1S/C21H31N2SSi/c1-17-9-11-18(12-10-17)15-23-20(19-7-3-2-4-8-19)16-22(21(23)24)13-5-6-14-25/h2-4,7-8,17-18,20H,5-6,9-16H2,1H3/t17?,18?,20-/m0/s1. The molecule has 0 spiro atoms. The van der Waals surface area contributed by atoms with Gasteiger partial charge in [-0.15, -0.1) is 0 Å². The van der Waals surface area contributed by atoms with Gasteiger partial charge in [0.1, 0.15) is 0 Å². The summed E-state index contributed by atoms with van der Waals surface area (Å²) in [6, 6.07) is 12.5. The van der Waals surface area contributed by atoms with Gasteiger partial charge in [-0.2, -0.15) is 0 Å². The highest BCUT2D eigenvalue weighted by molar-refractivity contribution is 7.80. The third-order valence-electron chi connectivity index (χ3n) is 5.92. The Balaban J connectivity index is 1.70. The molecule has 0 unspecified atom stereocenters. The molecule has 1 saturated carbocycles. The molecule has 2 nitrogen and oxygen atoms in total. The molecule has 0 amide bonds. The van der Waals surface area contributed by atoms with Gasteiger partial charge >= 0.3 is 0 Å². The van der Waals surface area contributed by atoms with Gasteiger partial charge < -0.3 is 9.80 Å². The second-order valence-corrected chi connectivity index (χ2v) is 8.76. The molecule has 1 aromatic rings. The van der Waals surface area contributed by atoms with E-state index in [9.17, 15) is 0 Å². The molecule has 25 heavy (non-hydrogen) atoms. The molecule has 1 atom stereocenters. The molecule has 0 N–H and O–H groups in total. The van der Waals surface area contributed by atoms with Crippen molar-refractivity contribution < 1.29 is 0 Å². The zero-order valence-corrected chi connectivity index (χ0v) is 17.3. The molecule has 1 aliphatic carbocycles. The molecule has 0 bridgehead atoms. The Kier molecular flexibility index (Phi) is 6.94. The summed E-state index contributed by atoms with van der Waals surface area (Å²) in [4.78, 5) is 4.99. The normalized spacial score (nSPS) is 27.1. The van der Waals surface area contributed by atoms with Crippen LogP contribution in [0.5, 0.6) is 0 Å². The van der Waals surface area contributed by atoms with Crippen LogP contribution in [0.25, 0.3) is 0 Å². The van der Waals surface area contributed by atoms with Crippen molar-refractivity contribution >= 4 is 27.6 Å². The van der Waals surface area contributed by atoms with Crippen LogP contribution in [-0.2, 0) is 0 Å². The van der Waals surface area contributed by atoms with Gasteiger partial charge in [0.2, 0.25) is 0 Å². The molecule has 2 aliphatic rings. The van der Waals surface area contributed by atoms with Crippen LogP contribution < -0.4 is 0 Å². The summed E-state index contributed by atoms with van der Waals surface area (Å²) in [5.41, 5.74) is 1.41. The van der Waals surface area contributed by atoms with Crippen LogP contribution in [0.15, 0.2) is 30.3 Å². The number of hydrogen-bond donors (Lipinski definition) is 0. The van der Waals surface area contributed by atoms with Gasteiger partial charge in [0.15, 0.2) is 5.11 Å². The average molecular weight is 372 g/mol. The highest BCUT2D eigenvalue weighted by atomic mass is 32.1. The molecular formula is C21H31N2SSi. The van der Waals surface area contributed by atoms with Crippen LogP contribution in [0.2, 0.25) is 6.04 Å². The van der Waals surface area contributed by atoms with Gasteiger partial charge in [0.05, 0.1) is 6.04 Å². The van der Waals surface area contributed by atoms with Crippen molar-refractivity contribution in [2.24, 2.45) is 11.8 Å².